The van der Waals surface area contributed by atoms with Crippen molar-refractivity contribution in [2.75, 3.05) is 19.6 Å². The van der Waals surface area contributed by atoms with Gasteiger partial charge in [-0.3, -0.25) is 9.69 Å². The quantitative estimate of drug-likeness (QED) is 0.808. The summed E-state index contributed by atoms with van der Waals surface area (Å²) in [5, 5.41) is 2.98. The summed E-state index contributed by atoms with van der Waals surface area (Å²) in [5.74, 6) is -0.0278. The first-order valence-electron chi connectivity index (χ1n) is 6.59. The summed E-state index contributed by atoms with van der Waals surface area (Å²) >= 11 is 6.79. The van der Waals surface area contributed by atoms with Crippen LogP contribution in [0.5, 0.6) is 0 Å². The molecule has 0 atom stereocenters. The zero-order valence-corrected chi connectivity index (χ0v) is 14.1. The van der Waals surface area contributed by atoms with Crippen molar-refractivity contribution in [3.8, 4) is 0 Å². The number of nitrogens with zero attached hydrogens (tertiary/aromatic N) is 1. The molecule has 1 saturated carbocycles. The highest BCUT2D eigenvalue weighted by molar-refractivity contribution is 9.11. The average molecular weight is 390 g/mol. The summed E-state index contributed by atoms with van der Waals surface area (Å²) in [7, 11) is 0. The van der Waals surface area contributed by atoms with Gasteiger partial charge in [-0.25, -0.2) is 0 Å². The first-order chi connectivity index (χ1) is 9.11. The third kappa shape index (κ3) is 4.29. The molecule has 1 aromatic carbocycles. The summed E-state index contributed by atoms with van der Waals surface area (Å²) in [4.78, 5) is 14.5. The fourth-order valence-corrected chi connectivity index (χ4v) is 2.91. The van der Waals surface area contributed by atoms with Crippen LogP contribution in [0.4, 0.5) is 0 Å². The van der Waals surface area contributed by atoms with E-state index in [-0.39, 0.29) is 5.91 Å². The van der Waals surface area contributed by atoms with Gasteiger partial charge in [0.15, 0.2) is 0 Å². The first-order valence-corrected chi connectivity index (χ1v) is 8.17. The number of carbonyl (C=O) groups excluding carboxylic acids is 1. The van der Waals surface area contributed by atoms with Crippen molar-refractivity contribution >= 4 is 37.8 Å². The van der Waals surface area contributed by atoms with Gasteiger partial charge in [0.25, 0.3) is 5.91 Å². The van der Waals surface area contributed by atoms with Crippen LogP contribution < -0.4 is 5.32 Å². The lowest BCUT2D eigenvalue weighted by Gasteiger charge is -2.19. The molecule has 0 heterocycles. The largest absolute Gasteiger partial charge is 0.351 e. The first kappa shape index (κ1) is 15.0. The average Bonchev–Trinajstić information content (AvgIpc) is 3.21. The molecule has 0 radical (unpaired) electrons. The van der Waals surface area contributed by atoms with Crippen LogP contribution in [0.15, 0.2) is 27.1 Å². The molecule has 5 heteroatoms. The van der Waals surface area contributed by atoms with Gasteiger partial charge in [-0.1, -0.05) is 22.9 Å². The molecule has 1 amide bonds. The van der Waals surface area contributed by atoms with Crippen LogP contribution in [0.2, 0.25) is 0 Å². The molecule has 0 unspecified atom stereocenters. The minimum Gasteiger partial charge on any atom is -0.351 e. The summed E-state index contributed by atoms with van der Waals surface area (Å²) in [6.07, 6.45) is 2.61. The lowest BCUT2D eigenvalue weighted by Crippen LogP contribution is -2.36. The minimum absolute atomic E-state index is 0.0278. The molecule has 19 heavy (non-hydrogen) atoms. The third-order valence-electron chi connectivity index (χ3n) is 3.33. The van der Waals surface area contributed by atoms with E-state index in [1.165, 1.54) is 12.8 Å². The Bertz CT molecular complexity index is 461. The maximum absolute atomic E-state index is 12.1. The number of amides is 1. The molecule has 0 bridgehead atoms. The fourth-order valence-electron chi connectivity index (χ4n) is 2.12. The molecule has 1 aromatic rings. The molecule has 104 valence electrons. The van der Waals surface area contributed by atoms with Gasteiger partial charge in [-0.2, -0.15) is 0 Å². The van der Waals surface area contributed by atoms with Crippen LogP contribution in [0.3, 0.4) is 0 Å². The number of hydrogen-bond acceptors (Lipinski definition) is 2. The Kier molecular flexibility index (Phi) is 5.42. The zero-order valence-electron chi connectivity index (χ0n) is 11.0. The Morgan fingerprint density at radius 3 is 2.79 bits per heavy atom. The van der Waals surface area contributed by atoms with Gasteiger partial charge >= 0.3 is 0 Å². The molecule has 0 spiro atoms. The van der Waals surface area contributed by atoms with Crippen molar-refractivity contribution in [1.82, 2.24) is 10.2 Å². The fraction of sp³-hybridized carbons (Fsp3) is 0.500. The van der Waals surface area contributed by atoms with Gasteiger partial charge in [0.1, 0.15) is 0 Å². The van der Waals surface area contributed by atoms with Crippen LogP contribution in [-0.4, -0.2) is 36.5 Å². The van der Waals surface area contributed by atoms with Crippen molar-refractivity contribution in [1.29, 1.82) is 0 Å². The smallest absolute Gasteiger partial charge is 0.252 e. The SMILES string of the molecule is CCN(CCNC(=O)c1cc(Br)ccc1Br)C1CC1. The number of halogens is 2. The summed E-state index contributed by atoms with van der Waals surface area (Å²) in [6.45, 7) is 4.85. The van der Waals surface area contributed by atoms with E-state index >= 15 is 0 Å². The normalized spacial score (nSPS) is 14.7. The number of hydrogen-bond donors (Lipinski definition) is 1. The number of rotatable bonds is 6. The predicted octanol–water partition coefficient (Wildman–Crippen LogP) is 3.43. The molecule has 1 aliphatic carbocycles. The lowest BCUT2D eigenvalue weighted by atomic mass is 10.2. The second kappa shape index (κ2) is 6.86. The molecule has 3 nitrogen and oxygen atoms in total. The van der Waals surface area contributed by atoms with E-state index in [2.05, 4.69) is 49.0 Å². The van der Waals surface area contributed by atoms with E-state index in [1.807, 2.05) is 18.2 Å². The maximum Gasteiger partial charge on any atom is 0.252 e. The monoisotopic (exact) mass is 388 g/mol. The van der Waals surface area contributed by atoms with Crippen LogP contribution in [0.1, 0.15) is 30.1 Å². The van der Waals surface area contributed by atoms with E-state index in [1.54, 1.807) is 0 Å². The van der Waals surface area contributed by atoms with Crippen LogP contribution in [-0.2, 0) is 0 Å². The van der Waals surface area contributed by atoms with E-state index in [4.69, 9.17) is 0 Å². The van der Waals surface area contributed by atoms with E-state index in [9.17, 15) is 4.79 Å². The van der Waals surface area contributed by atoms with Crippen molar-refractivity contribution < 1.29 is 4.79 Å². The summed E-state index contributed by atoms with van der Waals surface area (Å²) in [6, 6.07) is 6.37. The second-order valence-electron chi connectivity index (χ2n) is 4.74. The maximum atomic E-state index is 12.1. The minimum atomic E-state index is -0.0278. The second-order valence-corrected chi connectivity index (χ2v) is 6.51. The molecule has 1 N–H and O–H groups in total. The van der Waals surface area contributed by atoms with Crippen molar-refractivity contribution in [2.45, 2.75) is 25.8 Å². The molecular weight excluding hydrogens is 372 g/mol. The van der Waals surface area contributed by atoms with Gasteiger partial charge in [0, 0.05) is 28.1 Å². The van der Waals surface area contributed by atoms with E-state index in [0.717, 1.165) is 28.1 Å². The van der Waals surface area contributed by atoms with Crippen LogP contribution >= 0.6 is 31.9 Å². The highest BCUT2D eigenvalue weighted by Gasteiger charge is 2.27. The van der Waals surface area contributed by atoms with Gasteiger partial charge < -0.3 is 5.32 Å². The topological polar surface area (TPSA) is 32.3 Å². The lowest BCUT2D eigenvalue weighted by molar-refractivity contribution is 0.0947. The van der Waals surface area contributed by atoms with Crippen molar-refractivity contribution in [3.63, 3.8) is 0 Å². The zero-order chi connectivity index (χ0) is 13.8. The van der Waals surface area contributed by atoms with Crippen molar-refractivity contribution in [3.05, 3.63) is 32.7 Å². The van der Waals surface area contributed by atoms with Gasteiger partial charge in [-0.15, -0.1) is 0 Å². The van der Waals surface area contributed by atoms with Gasteiger partial charge in [0.2, 0.25) is 0 Å². The molecular formula is C14H18Br2N2O. The van der Waals surface area contributed by atoms with Crippen LogP contribution in [0, 0.1) is 0 Å². The summed E-state index contributed by atoms with van der Waals surface area (Å²) in [5.41, 5.74) is 0.670. The molecule has 0 saturated heterocycles. The Balaban J connectivity index is 1.85. The summed E-state index contributed by atoms with van der Waals surface area (Å²) < 4.78 is 1.73. The third-order valence-corrected chi connectivity index (χ3v) is 4.51. The number of benzene rings is 1. The Morgan fingerprint density at radius 1 is 1.42 bits per heavy atom. The molecule has 0 aliphatic heterocycles. The Morgan fingerprint density at radius 2 is 2.16 bits per heavy atom. The Labute approximate surface area is 131 Å². The number of likely N-dealkylation sites (N-methyl/N-ethyl adjacent to an activating group) is 1. The number of nitrogens with one attached hydrogen (secondary N) is 1. The standard InChI is InChI=1S/C14H18Br2N2O/c1-2-18(11-4-5-11)8-7-17-14(19)12-9-10(15)3-6-13(12)16/h3,6,9,11H,2,4-5,7-8H2,1H3,(H,17,19). The molecule has 0 aromatic heterocycles. The number of carbonyl (C=O) groups is 1. The molecule has 2 rings (SSSR count). The Hall–Kier alpha value is -0.390. The van der Waals surface area contributed by atoms with E-state index < -0.39 is 0 Å². The molecule has 1 fully saturated rings. The van der Waals surface area contributed by atoms with Crippen molar-refractivity contribution in [2.24, 2.45) is 0 Å². The highest BCUT2D eigenvalue weighted by Crippen LogP contribution is 2.26. The van der Waals surface area contributed by atoms with E-state index in [0.29, 0.717) is 12.1 Å². The van der Waals surface area contributed by atoms with Crippen LogP contribution in [0.25, 0.3) is 0 Å². The van der Waals surface area contributed by atoms with Gasteiger partial charge in [0.05, 0.1) is 5.56 Å². The molecule has 1 aliphatic rings. The predicted molar refractivity (Wildman–Crippen MR) is 84.4 cm³/mol. The van der Waals surface area contributed by atoms with Gasteiger partial charge in [-0.05, 0) is 53.5 Å². The highest BCUT2D eigenvalue weighted by atomic mass is 79.9.